The largest absolute Gasteiger partial charge is 0.492 e. The molecule has 0 saturated heterocycles. The van der Waals surface area contributed by atoms with E-state index in [0.717, 1.165) is 0 Å². The molecule has 0 aliphatic rings. The van der Waals surface area contributed by atoms with Crippen LogP contribution in [0.3, 0.4) is 0 Å². The Balaban J connectivity index is 1.74. The molecule has 2 nitrogen and oxygen atoms in total. The third-order valence-corrected chi connectivity index (χ3v) is 2.34. The van der Waals surface area contributed by atoms with Gasteiger partial charge in [0.05, 0.1) is 0 Å². The van der Waals surface area contributed by atoms with Crippen molar-refractivity contribution in [3.8, 4) is 5.75 Å². The first-order chi connectivity index (χ1) is 8.74. The Kier molecular flexibility index (Phi) is 4.12. The molecule has 1 N–H and O–H groups in total. The van der Waals surface area contributed by atoms with E-state index in [0.29, 0.717) is 24.6 Å². The van der Waals surface area contributed by atoms with E-state index in [2.05, 4.69) is 5.32 Å². The van der Waals surface area contributed by atoms with E-state index in [4.69, 9.17) is 4.74 Å². The minimum atomic E-state index is -0.291. The number of hydrogen-bond donors (Lipinski definition) is 1. The van der Waals surface area contributed by atoms with E-state index < -0.39 is 0 Å². The Labute approximate surface area is 104 Å². The number of anilines is 1. The maximum absolute atomic E-state index is 12.9. The Morgan fingerprint density at radius 3 is 2.44 bits per heavy atom. The van der Waals surface area contributed by atoms with Crippen molar-refractivity contribution in [1.29, 1.82) is 0 Å². The zero-order valence-electron chi connectivity index (χ0n) is 9.70. The van der Waals surface area contributed by atoms with Crippen LogP contribution in [0.5, 0.6) is 5.75 Å². The van der Waals surface area contributed by atoms with Crippen molar-refractivity contribution < 1.29 is 13.5 Å². The third-order valence-electron chi connectivity index (χ3n) is 2.34. The summed E-state index contributed by atoms with van der Waals surface area (Å²) in [6, 6.07) is 12.0. The van der Waals surface area contributed by atoms with Crippen molar-refractivity contribution in [2.45, 2.75) is 0 Å². The van der Waals surface area contributed by atoms with Crippen molar-refractivity contribution in [2.75, 3.05) is 18.5 Å². The number of rotatable bonds is 5. The molecule has 4 heteroatoms. The van der Waals surface area contributed by atoms with Crippen molar-refractivity contribution in [3.05, 3.63) is 60.2 Å². The van der Waals surface area contributed by atoms with Crippen LogP contribution >= 0.6 is 0 Å². The maximum Gasteiger partial charge on any atom is 0.125 e. The molecule has 0 amide bonds. The van der Waals surface area contributed by atoms with E-state index in [-0.39, 0.29) is 11.6 Å². The van der Waals surface area contributed by atoms with Gasteiger partial charge in [-0.05, 0) is 42.5 Å². The van der Waals surface area contributed by atoms with E-state index in [1.807, 2.05) is 0 Å². The SMILES string of the molecule is Fc1ccc(OCCNc2cccc(F)c2)cc1. The van der Waals surface area contributed by atoms with Crippen LogP contribution in [0.1, 0.15) is 0 Å². The Bertz CT molecular complexity index is 499. The minimum absolute atomic E-state index is 0.278. The van der Waals surface area contributed by atoms with E-state index in [1.54, 1.807) is 24.3 Å². The number of halogens is 2. The summed E-state index contributed by atoms with van der Waals surface area (Å²) in [6.07, 6.45) is 0. The minimum Gasteiger partial charge on any atom is -0.492 e. The summed E-state index contributed by atoms with van der Waals surface area (Å²) in [6.45, 7) is 0.961. The van der Waals surface area contributed by atoms with Crippen LogP contribution in [0.25, 0.3) is 0 Å². The van der Waals surface area contributed by atoms with Gasteiger partial charge in [-0.1, -0.05) is 6.07 Å². The molecule has 0 heterocycles. The Morgan fingerprint density at radius 1 is 0.944 bits per heavy atom. The number of hydrogen-bond acceptors (Lipinski definition) is 2. The second kappa shape index (κ2) is 6.00. The Hall–Kier alpha value is -2.10. The highest BCUT2D eigenvalue weighted by Gasteiger charge is 1.96. The average Bonchev–Trinajstić information content (AvgIpc) is 2.37. The predicted molar refractivity (Wildman–Crippen MR) is 66.8 cm³/mol. The molecule has 0 saturated carbocycles. The smallest absolute Gasteiger partial charge is 0.125 e. The monoisotopic (exact) mass is 249 g/mol. The predicted octanol–water partition coefficient (Wildman–Crippen LogP) is 3.46. The molecule has 2 rings (SSSR count). The van der Waals surface area contributed by atoms with Crippen LogP contribution in [0.2, 0.25) is 0 Å². The molecular formula is C14H13F2NO. The molecule has 2 aromatic carbocycles. The fourth-order valence-electron chi connectivity index (χ4n) is 1.49. The second-order valence-electron chi connectivity index (χ2n) is 3.74. The van der Waals surface area contributed by atoms with Gasteiger partial charge in [-0.2, -0.15) is 0 Å². The van der Waals surface area contributed by atoms with Gasteiger partial charge in [0, 0.05) is 12.2 Å². The summed E-state index contributed by atoms with van der Waals surface area (Å²) >= 11 is 0. The second-order valence-corrected chi connectivity index (χ2v) is 3.74. The van der Waals surface area contributed by atoms with Gasteiger partial charge in [-0.25, -0.2) is 8.78 Å². The first-order valence-electron chi connectivity index (χ1n) is 5.62. The zero-order valence-corrected chi connectivity index (χ0v) is 9.70. The van der Waals surface area contributed by atoms with Gasteiger partial charge in [-0.15, -0.1) is 0 Å². The van der Waals surface area contributed by atoms with Crippen molar-refractivity contribution in [1.82, 2.24) is 0 Å². The molecule has 0 aliphatic carbocycles. The summed E-state index contributed by atoms with van der Waals surface area (Å²) < 4.78 is 30.9. The van der Waals surface area contributed by atoms with E-state index in [9.17, 15) is 8.78 Å². The van der Waals surface area contributed by atoms with Crippen LogP contribution in [0, 0.1) is 11.6 Å². The number of benzene rings is 2. The topological polar surface area (TPSA) is 21.3 Å². The van der Waals surface area contributed by atoms with Gasteiger partial charge >= 0.3 is 0 Å². The van der Waals surface area contributed by atoms with Gasteiger partial charge in [0.25, 0.3) is 0 Å². The molecule has 94 valence electrons. The highest BCUT2D eigenvalue weighted by molar-refractivity contribution is 5.42. The van der Waals surface area contributed by atoms with Gasteiger partial charge in [-0.3, -0.25) is 0 Å². The van der Waals surface area contributed by atoms with Gasteiger partial charge in [0.15, 0.2) is 0 Å². The average molecular weight is 249 g/mol. The summed E-state index contributed by atoms with van der Waals surface area (Å²) in [5.74, 6) is 0.0390. The lowest BCUT2D eigenvalue weighted by Gasteiger charge is -2.08. The summed E-state index contributed by atoms with van der Waals surface area (Å²) in [4.78, 5) is 0. The lowest BCUT2D eigenvalue weighted by molar-refractivity contribution is 0.332. The van der Waals surface area contributed by atoms with Crippen LogP contribution < -0.4 is 10.1 Å². The standard InChI is InChI=1S/C14H13F2NO/c15-11-4-6-14(7-5-11)18-9-8-17-13-3-1-2-12(16)10-13/h1-7,10,17H,8-9H2. The quantitative estimate of drug-likeness (QED) is 0.819. The molecule has 0 aromatic heterocycles. The molecule has 0 fully saturated rings. The molecule has 0 bridgehead atoms. The molecule has 18 heavy (non-hydrogen) atoms. The first-order valence-corrected chi connectivity index (χ1v) is 5.62. The summed E-state index contributed by atoms with van der Waals surface area (Å²) in [7, 11) is 0. The van der Waals surface area contributed by atoms with E-state index >= 15 is 0 Å². The molecular weight excluding hydrogens is 236 g/mol. The molecule has 2 aromatic rings. The lowest BCUT2D eigenvalue weighted by Crippen LogP contribution is -2.11. The van der Waals surface area contributed by atoms with Gasteiger partial charge in [0.2, 0.25) is 0 Å². The van der Waals surface area contributed by atoms with Gasteiger partial charge in [0.1, 0.15) is 24.0 Å². The fourth-order valence-corrected chi connectivity index (χ4v) is 1.49. The molecule has 0 radical (unpaired) electrons. The normalized spacial score (nSPS) is 10.1. The molecule has 0 atom stereocenters. The van der Waals surface area contributed by atoms with Crippen molar-refractivity contribution >= 4 is 5.69 Å². The van der Waals surface area contributed by atoms with Crippen molar-refractivity contribution in [2.24, 2.45) is 0 Å². The number of nitrogens with one attached hydrogen (secondary N) is 1. The van der Waals surface area contributed by atoms with Crippen LogP contribution in [-0.2, 0) is 0 Å². The van der Waals surface area contributed by atoms with Crippen molar-refractivity contribution in [3.63, 3.8) is 0 Å². The maximum atomic E-state index is 12.9. The highest BCUT2D eigenvalue weighted by Crippen LogP contribution is 2.11. The lowest BCUT2D eigenvalue weighted by atomic mass is 10.3. The highest BCUT2D eigenvalue weighted by atomic mass is 19.1. The summed E-state index contributed by atoms with van der Waals surface area (Å²) in [5.41, 5.74) is 0.706. The molecule has 0 aliphatic heterocycles. The summed E-state index contributed by atoms with van der Waals surface area (Å²) in [5, 5.41) is 3.03. The first kappa shape index (κ1) is 12.4. The zero-order chi connectivity index (χ0) is 12.8. The van der Waals surface area contributed by atoms with Crippen LogP contribution in [0.15, 0.2) is 48.5 Å². The fraction of sp³-hybridized carbons (Fsp3) is 0.143. The van der Waals surface area contributed by atoms with Crippen LogP contribution in [0.4, 0.5) is 14.5 Å². The Morgan fingerprint density at radius 2 is 1.72 bits per heavy atom. The van der Waals surface area contributed by atoms with E-state index in [1.165, 1.54) is 24.3 Å². The molecule has 0 spiro atoms. The third kappa shape index (κ3) is 3.73. The molecule has 0 unspecified atom stereocenters. The van der Waals surface area contributed by atoms with Gasteiger partial charge < -0.3 is 10.1 Å². The number of ether oxygens (including phenoxy) is 1. The van der Waals surface area contributed by atoms with Crippen LogP contribution in [-0.4, -0.2) is 13.2 Å².